The van der Waals surface area contributed by atoms with Crippen LogP contribution < -0.4 is 5.32 Å². The molecule has 1 aromatic rings. The van der Waals surface area contributed by atoms with Gasteiger partial charge in [-0.2, -0.15) is 0 Å². The van der Waals surface area contributed by atoms with Crippen molar-refractivity contribution in [2.45, 2.75) is 6.54 Å². The molecule has 2 heteroatoms. The largest absolute Gasteiger partial charge is 0.314 e. The summed E-state index contributed by atoms with van der Waals surface area (Å²) in [6, 6.07) is 8.49. The maximum absolute atomic E-state index is 3.85. The van der Waals surface area contributed by atoms with Crippen LogP contribution in [-0.4, -0.2) is 31.1 Å². The number of piperazine rings is 1. The van der Waals surface area contributed by atoms with Gasteiger partial charge in [0.2, 0.25) is 0 Å². The van der Waals surface area contributed by atoms with Crippen molar-refractivity contribution in [1.29, 1.82) is 0 Å². The molecule has 1 aliphatic heterocycles. The highest BCUT2D eigenvalue weighted by molar-refractivity contribution is 5.51. The Balaban J connectivity index is 2.05. The van der Waals surface area contributed by atoms with Crippen molar-refractivity contribution in [2.24, 2.45) is 0 Å². The van der Waals surface area contributed by atoms with Crippen molar-refractivity contribution in [3.05, 3.63) is 42.0 Å². The minimum absolute atomic E-state index is 1.05. The van der Waals surface area contributed by atoms with Gasteiger partial charge in [-0.15, -0.1) is 0 Å². The SMILES string of the molecule is C=Cc1ccccc1CN1CCNCC1. The molecule has 1 saturated heterocycles. The third-order valence-electron chi connectivity index (χ3n) is 2.88. The molecule has 80 valence electrons. The van der Waals surface area contributed by atoms with Crippen LogP contribution >= 0.6 is 0 Å². The number of nitrogens with zero attached hydrogens (tertiary/aromatic N) is 1. The first kappa shape index (κ1) is 10.4. The van der Waals surface area contributed by atoms with Crippen molar-refractivity contribution in [1.82, 2.24) is 10.2 Å². The van der Waals surface area contributed by atoms with E-state index in [4.69, 9.17) is 0 Å². The van der Waals surface area contributed by atoms with E-state index in [1.165, 1.54) is 11.1 Å². The molecule has 1 fully saturated rings. The molecule has 1 aromatic carbocycles. The van der Waals surface area contributed by atoms with Gasteiger partial charge in [-0.25, -0.2) is 0 Å². The molecule has 1 heterocycles. The fourth-order valence-corrected chi connectivity index (χ4v) is 1.99. The molecule has 0 aliphatic carbocycles. The van der Waals surface area contributed by atoms with E-state index in [9.17, 15) is 0 Å². The molecule has 0 saturated carbocycles. The third-order valence-corrected chi connectivity index (χ3v) is 2.88. The van der Waals surface area contributed by atoms with Gasteiger partial charge in [0.1, 0.15) is 0 Å². The topological polar surface area (TPSA) is 15.3 Å². The van der Waals surface area contributed by atoms with Crippen LogP contribution in [0.3, 0.4) is 0 Å². The molecule has 0 atom stereocenters. The Morgan fingerprint density at radius 2 is 2.00 bits per heavy atom. The van der Waals surface area contributed by atoms with Gasteiger partial charge < -0.3 is 5.32 Å². The smallest absolute Gasteiger partial charge is 0.0240 e. The Labute approximate surface area is 91.6 Å². The van der Waals surface area contributed by atoms with Crippen molar-refractivity contribution in [3.8, 4) is 0 Å². The van der Waals surface area contributed by atoms with Crippen molar-refractivity contribution >= 4 is 6.08 Å². The minimum atomic E-state index is 1.05. The predicted molar refractivity (Wildman–Crippen MR) is 64.7 cm³/mol. The van der Waals surface area contributed by atoms with E-state index in [-0.39, 0.29) is 0 Å². The van der Waals surface area contributed by atoms with Crippen LogP contribution in [0.2, 0.25) is 0 Å². The predicted octanol–water partition coefficient (Wildman–Crippen LogP) is 1.73. The monoisotopic (exact) mass is 202 g/mol. The average Bonchev–Trinajstić information content (AvgIpc) is 2.31. The molecule has 0 bridgehead atoms. The molecule has 15 heavy (non-hydrogen) atoms. The van der Waals surface area contributed by atoms with E-state index in [2.05, 4.69) is 41.1 Å². The quantitative estimate of drug-likeness (QED) is 0.803. The van der Waals surface area contributed by atoms with E-state index < -0.39 is 0 Å². The van der Waals surface area contributed by atoms with Crippen LogP contribution in [0, 0.1) is 0 Å². The van der Waals surface area contributed by atoms with Crippen LogP contribution in [0.15, 0.2) is 30.8 Å². The second-order valence-electron chi connectivity index (χ2n) is 3.93. The van der Waals surface area contributed by atoms with Gasteiger partial charge in [0.05, 0.1) is 0 Å². The Hall–Kier alpha value is -1.12. The number of hydrogen-bond acceptors (Lipinski definition) is 2. The first-order valence-electron chi connectivity index (χ1n) is 5.53. The highest BCUT2D eigenvalue weighted by Gasteiger charge is 2.10. The molecule has 1 aliphatic rings. The van der Waals surface area contributed by atoms with E-state index in [1.54, 1.807) is 0 Å². The zero-order valence-corrected chi connectivity index (χ0v) is 9.08. The standard InChI is InChI=1S/C13H18N2/c1-2-12-5-3-4-6-13(12)11-15-9-7-14-8-10-15/h2-6,14H,1,7-11H2. The molecular weight excluding hydrogens is 184 g/mol. The van der Waals surface area contributed by atoms with Gasteiger partial charge in [-0.05, 0) is 11.1 Å². The zero-order chi connectivity index (χ0) is 10.5. The highest BCUT2D eigenvalue weighted by Crippen LogP contribution is 2.12. The molecule has 0 spiro atoms. The molecule has 0 radical (unpaired) electrons. The van der Waals surface area contributed by atoms with Crippen LogP contribution in [0.1, 0.15) is 11.1 Å². The average molecular weight is 202 g/mol. The second kappa shape index (κ2) is 5.10. The summed E-state index contributed by atoms with van der Waals surface area (Å²) < 4.78 is 0. The minimum Gasteiger partial charge on any atom is -0.314 e. The molecule has 0 aromatic heterocycles. The zero-order valence-electron chi connectivity index (χ0n) is 9.08. The van der Waals surface area contributed by atoms with Gasteiger partial charge in [0.15, 0.2) is 0 Å². The van der Waals surface area contributed by atoms with Crippen LogP contribution in [-0.2, 0) is 6.54 Å². The summed E-state index contributed by atoms with van der Waals surface area (Å²) in [5.41, 5.74) is 2.64. The Morgan fingerprint density at radius 1 is 1.27 bits per heavy atom. The normalized spacial score (nSPS) is 17.6. The van der Waals surface area contributed by atoms with Gasteiger partial charge in [-0.3, -0.25) is 4.90 Å². The molecular formula is C13H18N2. The fraction of sp³-hybridized carbons (Fsp3) is 0.385. The first-order chi connectivity index (χ1) is 7.40. The number of benzene rings is 1. The summed E-state index contributed by atoms with van der Waals surface area (Å²) in [5, 5.41) is 3.37. The summed E-state index contributed by atoms with van der Waals surface area (Å²) in [7, 11) is 0. The van der Waals surface area contributed by atoms with Crippen LogP contribution in [0.25, 0.3) is 6.08 Å². The molecule has 0 amide bonds. The van der Waals surface area contributed by atoms with Crippen LogP contribution in [0.4, 0.5) is 0 Å². The molecule has 2 rings (SSSR count). The molecule has 1 N–H and O–H groups in total. The molecule has 2 nitrogen and oxygen atoms in total. The summed E-state index contributed by atoms with van der Waals surface area (Å²) in [6.45, 7) is 9.40. The van der Waals surface area contributed by atoms with Crippen LogP contribution in [0.5, 0.6) is 0 Å². The van der Waals surface area contributed by atoms with Gasteiger partial charge >= 0.3 is 0 Å². The second-order valence-corrected chi connectivity index (χ2v) is 3.93. The number of nitrogens with one attached hydrogen (secondary N) is 1. The lowest BCUT2D eigenvalue weighted by atomic mass is 10.1. The van der Waals surface area contributed by atoms with Crippen molar-refractivity contribution in [2.75, 3.05) is 26.2 Å². The Bertz CT molecular complexity index is 327. The summed E-state index contributed by atoms with van der Waals surface area (Å²) in [6.07, 6.45) is 1.94. The van der Waals surface area contributed by atoms with E-state index in [0.717, 1.165) is 32.7 Å². The summed E-state index contributed by atoms with van der Waals surface area (Å²) in [5.74, 6) is 0. The molecule has 0 unspecified atom stereocenters. The van der Waals surface area contributed by atoms with Gasteiger partial charge in [-0.1, -0.05) is 36.9 Å². The van der Waals surface area contributed by atoms with Crippen molar-refractivity contribution in [3.63, 3.8) is 0 Å². The van der Waals surface area contributed by atoms with E-state index in [1.807, 2.05) is 6.08 Å². The lowest BCUT2D eigenvalue weighted by Crippen LogP contribution is -2.42. The lowest BCUT2D eigenvalue weighted by Gasteiger charge is -2.27. The maximum Gasteiger partial charge on any atom is 0.0240 e. The summed E-state index contributed by atoms with van der Waals surface area (Å²) >= 11 is 0. The highest BCUT2D eigenvalue weighted by atomic mass is 15.2. The first-order valence-corrected chi connectivity index (χ1v) is 5.53. The van der Waals surface area contributed by atoms with Crippen molar-refractivity contribution < 1.29 is 0 Å². The summed E-state index contributed by atoms with van der Waals surface area (Å²) in [4.78, 5) is 2.48. The number of rotatable bonds is 3. The Morgan fingerprint density at radius 3 is 2.73 bits per heavy atom. The lowest BCUT2D eigenvalue weighted by molar-refractivity contribution is 0.233. The third kappa shape index (κ3) is 2.67. The van der Waals surface area contributed by atoms with E-state index in [0.29, 0.717) is 0 Å². The number of hydrogen-bond donors (Lipinski definition) is 1. The Kier molecular flexibility index (Phi) is 3.54. The van der Waals surface area contributed by atoms with E-state index >= 15 is 0 Å². The van der Waals surface area contributed by atoms with Gasteiger partial charge in [0.25, 0.3) is 0 Å². The fourth-order valence-electron chi connectivity index (χ4n) is 1.99. The van der Waals surface area contributed by atoms with Gasteiger partial charge in [0, 0.05) is 32.7 Å². The maximum atomic E-state index is 3.85.